The maximum atomic E-state index is 13.0. The summed E-state index contributed by atoms with van der Waals surface area (Å²) in [4.78, 5) is 38.2. The van der Waals surface area contributed by atoms with Gasteiger partial charge in [-0.25, -0.2) is 0 Å². The summed E-state index contributed by atoms with van der Waals surface area (Å²) in [6.07, 6.45) is 0. The van der Waals surface area contributed by atoms with Crippen molar-refractivity contribution in [2.45, 2.75) is 19.8 Å². The summed E-state index contributed by atoms with van der Waals surface area (Å²) in [5.41, 5.74) is 1.99. The van der Waals surface area contributed by atoms with Crippen LogP contribution in [0.3, 0.4) is 0 Å². The predicted molar refractivity (Wildman–Crippen MR) is 139 cm³/mol. The maximum Gasteiger partial charge on any atom is 0.319 e. The second-order valence-electron chi connectivity index (χ2n) is 7.72. The summed E-state index contributed by atoms with van der Waals surface area (Å²) < 4.78 is 10.3. The molecule has 2 N–H and O–H groups in total. The van der Waals surface area contributed by atoms with E-state index in [0.29, 0.717) is 17.9 Å². The number of para-hydroxylation sites is 1. The number of methoxy groups -OCH3 is 1. The summed E-state index contributed by atoms with van der Waals surface area (Å²) in [7, 11) is 1.15. The molecule has 0 aromatic heterocycles. The number of nitrogens with one attached hydrogen (secondary N) is 2. The third-order valence-electron chi connectivity index (χ3n) is 5.42. The molecule has 2 amide bonds. The largest absolute Gasteiger partial charge is 0.491 e. The van der Waals surface area contributed by atoms with Gasteiger partial charge in [0.2, 0.25) is 11.8 Å². The fourth-order valence-corrected chi connectivity index (χ4v) is 5.22. The zero-order chi connectivity index (χ0) is 26.4. The lowest BCUT2D eigenvalue weighted by Gasteiger charge is -2.31. The van der Waals surface area contributed by atoms with Crippen molar-refractivity contribution in [2.24, 2.45) is 5.92 Å². The van der Waals surface area contributed by atoms with Crippen molar-refractivity contribution in [3.8, 4) is 11.8 Å². The molecule has 1 heterocycles. The van der Waals surface area contributed by atoms with Crippen LogP contribution in [0.4, 0.5) is 5.69 Å². The van der Waals surface area contributed by atoms with Gasteiger partial charge in [0, 0.05) is 11.6 Å². The number of hydrogen-bond acceptors (Lipinski definition) is 7. The summed E-state index contributed by atoms with van der Waals surface area (Å²) in [5, 5.41) is 15.9. The van der Waals surface area contributed by atoms with Crippen LogP contribution in [-0.4, -0.2) is 37.3 Å². The number of halogens is 2. The van der Waals surface area contributed by atoms with E-state index in [0.717, 1.165) is 24.4 Å². The van der Waals surface area contributed by atoms with Gasteiger partial charge in [0.05, 0.1) is 46.2 Å². The lowest BCUT2D eigenvalue weighted by atomic mass is 9.78. The molecule has 0 fully saturated rings. The van der Waals surface area contributed by atoms with Gasteiger partial charge in [-0.2, -0.15) is 5.26 Å². The number of rotatable bonds is 8. The molecule has 2 aromatic carbocycles. The SMILES string of the molecule is CCOc1c(Cl)cc([C@H]2C(C#N)=C(SCC(=O)Nc3ccccc3C)NC(=O)[C@@H]2C(=O)OC)cc1Cl. The number of aryl methyl sites for hydroxylation is 1. The van der Waals surface area contributed by atoms with Gasteiger partial charge in [0.25, 0.3) is 0 Å². The molecule has 0 spiro atoms. The molecule has 1 aliphatic heterocycles. The molecule has 8 nitrogen and oxygen atoms in total. The molecule has 11 heteroatoms. The van der Waals surface area contributed by atoms with E-state index in [-0.39, 0.29) is 38.1 Å². The molecule has 188 valence electrons. The number of nitrogens with zero attached hydrogens (tertiary/aromatic N) is 1. The lowest BCUT2D eigenvalue weighted by molar-refractivity contribution is -0.150. The first kappa shape index (κ1) is 27.4. The Bertz CT molecular complexity index is 1250. The highest BCUT2D eigenvalue weighted by Gasteiger charge is 2.44. The first-order valence-corrected chi connectivity index (χ1v) is 12.6. The van der Waals surface area contributed by atoms with Gasteiger partial charge in [0.15, 0.2) is 5.75 Å². The number of carbonyl (C=O) groups excluding carboxylic acids is 3. The minimum Gasteiger partial charge on any atom is -0.491 e. The monoisotopic (exact) mass is 547 g/mol. The highest BCUT2D eigenvalue weighted by molar-refractivity contribution is 8.03. The molecule has 2 atom stereocenters. The molecule has 0 bridgehead atoms. The third kappa shape index (κ3) is 5.95. The number of anilines is 1. The molecular weight excluding hydrogens is 525 g/mol. The van der Waals surface area contributed by atoms with Gasteiger partial charge in [0.1, 0.15) is 5.92 Å². The maximum absolute atomic E-state index is 13.0. The molecule has 0 unspecified atom stereocenters. The number of carbonyl (C=O) groups is 3. The van der Waals surface area contributed by atoms with Crippen LogP contribution in [0.1, 0.15) is 24.0 Å². The number of esters is 1. The normalized spacial score (nSPS) is 17.2. The molecular formula is C25H23Cl2N3O5S. The summed E-state index contributed by atoms with van der Waals surface area (Å²) in [5.74, 6) is -4.06. The molecule has 2 aromatic rings. The Morgan fingerprint density at radius 2 is 1.89 bits per heavy atom. The molecule has 0 saturated carbocycles. The lowest BCUT2D eigenvalue weighted by Crippen LogP contribution is -2.44. The first-order valence-electron chi connectivity index (χ1n) is 10.8. The highest BCUT2D eigenvalue weighted by Crippen LogP contribution is 2.44. The van der Waals surface area contributed by atoms with E-state index in [2.05, 4.69) is 16.7 Å². The molecule has 0 aliphatic carbocycles. The summed E-state index contributed by atoms with van der Waals surface area (Å²) in [6.45, 7) is 3.96. The van der Waals surface area contributed by atoms with E-state index in [1.54, 1.807) is 19.1 Å². The van der Waals surface area contributed by atoms with Crippen molar-refractivity contribution in [3.05, 3.63) is 68.2 Å². The predicted octanol–water partition coefficient (Wildman–Crippen LogP) is 4.81. The van der Waals surface area contributed by atoms with Crippen molar-refractivity contribution in [2.75, 3.05) is 24.8 Å². The van der Waals surface area contributed by atoms with Gasteiger partial charge < -0.3 is 20.1 Å². The van der Waals surface area contributed by atoms with Gasteiger partial charge in [-0.3, -0.25) is 14.4 Å². The minimum absolute atomic E-state index is 0.0787. The molecule has 0 saturated heterocycles. The smallest absolute Gasteiger partial charge is 0.319 e. The Morgan fingerprint density at radius 3 is 2.47 bits per heavy atom. The molecule has 0 radical (unpaired) electrons. The van der Waals surface area contributed by atoms with Crippen LogP contribution in [0.2, 0.25) is 10.0 Å². The zero-order valence-corrected chi connectivity index (χ0v) is 22.0. The number of amides is 2. The third-order valence-corrected chi connectivity index (χ3v) is 7.00. The molecule has 36 heavy (non-hydrogen) atoms. The van der Waals surface area contributed by atoms with E-state index >= 15 is 0 Å². The van der Waals surface area contributed by atoms with Crippen molar-refractivity contribution in [1.29, 1.82) is 5.26 Å². The van der Waals surface area contributed by atoms with E-state index in [1.807, 2.05) is 19.1 Å². The molecule has 1 aliphatic rings. The standard InChI is InChI=1S/C25H23Cl2N3O5S/c1-4-35-22-16(26)9-14(10-17(22)27)20-15(11-28)24(30-23(32)21(20)25(33)34-3)36-12-19(31)29-18-8-6-5-7-13(18)2/h5-10,20-21H,4,12H2,1-3H3,(H,29,31)(H,30,32)/t20-,21+/m0/s1. The fraction of sp³-hybridized carbons (Fsp3) is 0.280. The fourth-order valence-electron chi connectivity index (χ4n) is 3.76. The highest BCUT2D eigenvalue weighted by atomic mass is 35.5. The van der Waals surface area contributed by atoms with Crippen LogP contribution in [-0.2, 0) is 19.1 Å². The Morgan fingerprint density at radius 1 is 1.22 bits per heavy atom. The second kappa shape index (κ2) is 12.2. The minimum atomic E-state index is -1.36. The number of hydrogen-bond donors (Lipinski definition) is 2. The van der Waals surface area contributed by atoms with Crippen molar-refractivity contribution in [3.63, 3.8) is 0 Å². The van der Waals surface area contributed by atoms with E-state index in [1.165, 1.54) is 12.1 Å². The number of thioether (sulfide) groups is 1. The van der Waals surface area contributed by atoms with Gasteiger partial charge in [-0.1, -0.05) is 53.2 Å². The van der Waals surface area contributed by atoms with Gasteiger partial charge in [-0.05, 0) is 43.2 Å². The second-order valence-corrected chi connectivity index (χ2v) is 9.52. The number of benzene rings is 2. The summed E-state index contributed by atoms with van der Waals surface area (Å²) >= 11 is 13.7. The Kier molecular flexibility index (Phi) is 9.26. The molecule has 3 rings (SSSR count). The average Bonchev–Trinajstić information content (AvgIpc) is 2.85. The Balaban J connectivity index is 1.98. The number of allylic oxidation sites excluding steroid dienone is 1. The number of nitriles is 1. The Labute approximate surface area is 222 Å². The van der Waals surface area contributed by atoms with E-state index in [9.17, 15) is 19.6 Å². The Hall–Kier alpha value is -3.19. The van der Waals surface area contributed by atoms with Crippen molar-refractivity contribution >= 4 is 58.4 Å². The van der Waals surface area contributed by atoms with Crippen molar-refractivity contribution < 1.29 is 23.9 Å². The number of ether oxygens (including phenoxy) is 2. The van der Waals surface area contributed by atoms with Crippen LogP contribution in [0.5, 0.6) is 5.75 Å². The van der Waals surface area contributed by atoms with Gasteiger partial charge in [-0.15, -0.1) is 0 Å². The average molecular weight is 548 g/mol. The van der Waals surface area contributed by atoms with E-state index < -0.39 is 23.7 Å². The topological polar surface area (TPSA) is 118 Å². The van der Waals surface area contributed by atoms with Gasteiger partial charge >= 0.3 is 5.97 Å². The van der Waals surface area contributed by atoms with Crippen LogP contribution in [0.25, 0.3) is 0 Å². The van der Waals surface area contributed by atoms with E-state index in [4.69, 9.17) is 32.7 Å². The first-order chi connectivity index (χ1) is 17.2. The zero-order valence-electron chi connectivity index (χ0n) is 19.7. The van der Waals surface area contributed by atoms with Crippen LogP contribution >= 0.6 is 35.0 Å². The van der Waals surface area contributed by atoms with Crippen LogP contribution in [0.15, 0.2) is 47.0 Å². The quantitative estimate of drug-likeness (QED) is 0.359. The van der Waals surface area contributed by atoms with Crippen molar-refractivity contribution in [1.82, 2.24) is 5.32 Å². The van der Waals surface area contributed by atoms with Crippen LogP contribution < -0.4 is 15.4 Å². The van der Waals surface area contributed by atoms with Crippen LogP contribution in [0, 0.1) is 24.2 Å². The summed E-state index contributed by atoms with van der Waals surface area (Å²) in [6, 6.07) is 12.4.